The van der Waals surface area contributed by atoms with Gasteiger partial charge in [-0.25, -0.2) is 0 Å². The molecule has 68 valence electrons. The van der Waals surface area contributed by atoms with Crippen molar-refractivity contribution >= 4 is 8.30 Å². The molecule has 3 N–H and O–H groups in total. The highest BCUT2D eigenvalue weighted by Gasteiger charge is 2.15. The maximum atomic E-state index is 9.02. The van der Waals surface area contributed by atoms with Crippen molar-refractivity contribution in [2.45, 2.75) is 39.8 Å². The largest absolute Gasteiger partial charge is 0.358 e. The minimum absolute atomic E-state index is 0.454. The van der Waals surface area contributed by atoms with E-state index in [1.165, 1.54) is 0 Å². The number of nitrogens with two attached hydrogens (primary N) is 1. The lowest BCUT2D eigenvalue weighted by Gasteiger charge is -2.30. The van der Waals surface area contributed by atoms with Crippen molar-refractivity contribution < 1.29 is 4.89 Å². The van der Waals surface area contributed by atoms with Crippen molar-refractivity contribution in [3.63, 3.8) is 0 Å². The van der Waals surface area contributed by atoms with E-state index in [2.05, 4.69) is 32.6 Å². The maximum absolute atomic E-state index is 9.02. The fourth-order valence-electron chi connectivity index (χ4n) is 1.09. The van der Waals surface area contributed by atoms with Crippen molar-refractivity contribution in [3.05, 3.63) is 0 Å². The van der Waals surface area contributed by atoms with Crippen LogP contribution in [0.2, 0.25) is 0 Å². The van der Waals surface area contributed by atoms with Crippen molar-refractivity contribution in [2.24, 2.45) is 5.50 Å². The van der Waals surface area contributed by atoms with Gasteiger partial charge in [0.25, 0.3) is 0 Å². The fourth-order valence-corrected chi connectivity index (χ4v) is 2.08. The predicted molar refractivity (Wildman–Crippen MR) is 50.3 cm³/mol. The summed E-state index contributed by atoms with van der Waals surface area (Å²) >= 11 is 0. The second-order valence-electron chi connectivity index (χ2n) is 3.28. The highest BCUT2D eigenvalue weighted by molar-refractivity contribution is 7.48. The molecule has 0 aliphatic rings. The molecule has 0 aromatic carbocycles. The fraction of sp³-hybridized carbons (Fsp3) is 1.00. The summed E-state index contributed by atoms with van der Waals surface area (Å²) in [4.78, 5) is 11.2. The second kappa shape index (κ2) is 5.04. The van der Waals surface area contributed by atoms with Gasteiger partial charge in [0.2, 0.25) is 0 Å². The number of hydrogen-bond donors (Lipinski definition) is 2. The average Bonchev–Trinajstić information content (AvgIpc) is 1.81. The highest BCUT2D eigenvalue weighted by atomic mass is 31.2. The molecule has 0 aliphatic carbocycles. The van der Waals surface area contributed by atoms with Crippen LogP contribution in [0.15, 0.2) is 0 Å². The van der Waals surface area contributed by atoms with Gasteiger partial charge in [0.1, 0.15) is 8.30 Å². The number of hydrogen-bond acceptors (Lipinski definition) is 3. The molecule has 1 unspecified atom stereocenters. The lowest BCUT2D eigenvalue weighted by molar-refractivity contribution is 0.205. The van der Waals surface area contributed by atoms with Gasteiger partial charge in [0, 0.05) is 12.1 Å². The van der Waals surface area contributed by atoms with Crippen molar-refractivity contribution in [3.8, 4) is 0 Å². The Balaban J connectivity index is 3.90. The molecule has 3 nitrogen and oxygen atoms in total. The summed E-state index contributed by atoms with van der Waals surface area (Å²) in [5.74, 6) is 0. The Hall–Kier alpha value is 0.310. The Morgan fingerprint density at radius 2 is 1.64 bits per heavy atom. The van der Waals surface area contributed by atoms with Gasteiger partial charge in [-0.2, -0.15) is 0 Å². The molecule has 0 rings (SSSR count). The molecule has 0 bridgehead atoms. The van der Waals surface area contributed by atoms with Gasteiger partial charge in [0.15, 0.2) is 0 Å². The normalized spacial score (nSPS) is 15.0. The van der Waals surface area contributed by atoms with Crippen LogP contribution in [0, 0.1) is 0 Å². The molecule has 0 fully saturated rings. The Labute approximate surface area is 70.5 Å². The van der Waals surface area contributed by atoms with Crippen molar-refractivity contribution in [2.75, 3.05) is 6.29 Å². The van der Waals surface area contributed by atoms with E-state index in [0.29, 0.717) is 18.4 Å². The molecule has 0 saturated heterocycles. The van der Waals surface area contributed by atoms with Crippen LogP contribution >= 0.6 is 8.30 Å². The molecule has 0 heterocycles. The van der Waals surface area contributed by atoms with E-state index in [-0.39, 0.29) is 0 Å². The monoisotopic (exact) mass is 178 g/mol. The third-order valence-electron chi connectivity index (χ3n) is 1.63. The first-order valence-electron chi connectivity index (χ1n) is 3.92. The van der Waals surface area contributed by atoms with Gasteiger partial charge in [0.05, 0.1) is 6.29 Å². The van der Waals surface area contributed by atoms with Gasteiger partial charge >= 0.3 is 0 Å². The van der Waals surface area contributed by atoms with Gasteiger partial charge in [-0.1, -0.05) is 0 Å². The molecule has 1 atom stereocenters. The highest BCUT2D eigenvalue weighted by Crippen LogP contribution is 2.22. The molecule has 0 aliphatic heterocycles. The van der Waals surface area contributed by atoms with E-state index in [0.717, 1.165) is 0 Å². The zero-order valence-electron chi connectivity index (χ0n) is 7.78. The lowest BCUT2D eigenvalue weighted by Crippen LogP contribution is -2.37. The molecule has 0 spiro atoms. The van der Waals surface area contributed by atoms with Crippen LogP contribution in [0.5, 0.6) is 0 Å². The average molecular weight is 178 g/mol. The summed E-state index contributed by atoms with van der Waals surface area (Å²) in [7, 11) is -1.28. The topological polar surface area (TPSA) is 49.5 Å². The standard InChI is InChI=1S/C7H19N2OP/c1-6(2)9(7(3)4)5-11(8)10/h6-7,10H,5,8H2,1-4H3. The Morgan fingerprint density at radius 1 is 1.27 bits per heavy atom. The van der Waals surface area contributed by atoms with E-state index in [9.17, 15) is 0 Å². The van der Waals surface area contributed by atoms with Crippen molar-refractivity contribution in [1.82, 2.24) is 4.90 Å². The summed E-state index contributed by atoms with van der Waals surface area (Å²) in [5, 5.41) is 0. The molecular weight excluding hydrogens is 159 g/mol. The summed E-state index contributed by atoms with van der Waals surface area (Å²) in [6.45, 7) is 8.44. The SMILES string of the molecule is CC(C)N(CP(N)O)C(C)C. The van der Waals surface area contributed by atoms with Crippen LogP contribution in [0.1, 0.15) is 27.7 Å². The lowest BCUT2D eigenvalue weighted by atomic mass is 10.2. The summed E-state index contributed by atoms with van der Waals surface area (Å²) < 4.78 is 0. The Morgan fingerprint density at radius 3 is 1.73 bits per heavy atom. The minimum atomic E-state index is -1.28. The first kappa shape index (κ1) is 11.3. The van der Waals surface area contributed by atoms with Crippen LogP contribution in [0.25, 0.3) is 0 Å². The quantitative estimate of drug-likeness (QED) is 0.638. The van der Waals surface area contributed by atoms with Gasteiger partial charge in [-0.15, -0.1) is 0 Å². The molecular formula is C7H19N2OP. The molecule has 0 radical (unpaired) electrons. The molecule has 11 heavy (non-hydrogen) atoms. The Bertz CT molecular complexity index is 98.6. The third kappa shape index (κ3) is 4.70. The van der Waals surface area contributed by atoms with E-state index >= 15 is 0 Å². The van der Waals surface area contributed by atoms with Crippen LogP contribution in [0.4, 0.5) is 0 Å². The van der Waals surface area contributed by atoms with Gasteiger partial charge < -0.3 is 4.89 Å². The zero-order chi connectivity index (χ0) is 9.02. The molecule has 4 heteroatoms. The minimum Gasteiger partial charge on any atom is -0.358 e. The van der Waals surface area contributed by atoms with E-state index in [1.807, 2.05) is 0 Å². The molecule has 0 aromatic rings. The molecule has 0 aromatic heterocycles. The summed E-state index contributed by atoms with van der Waals surface area (Å²) in [6, 6.07) is 0.909. The second-order valence-corrected chi connectivity index (χ2v) is 4.44. The Kier molecular flexibility index (Phi) is 5.19. The number of nitrogens with zero attached hydrogens (tertiary/aromatic N) is 1. The van der Waals surface area contributed by atoms with E-state index < -0.39 is 8.30 Å². The summed E-state index contributed by atoms with van der Waals surface area (Å²) in [5.41, 5.74) is 5.35. The van der Waals surface area contributed by atoms with Crippen molar-refractivity contribution in [1.29, 1.82) is 0 Å². The zero-order valence-corrected chi connectivity index (χ0v) is 8.68. The van der Waals surface area contributed by atoms with Gasteiger partial charge in [-0.05, 0) is 27.7 Å². The van der Waals surface area contributed by atoms with E-state index in [4.69, 9.17) is 10.4 Å². The van der Waals surface area contributed by atoms with Crippen LogP contribution in [0.3, 0.4) is 0 Å². The first-order chi connectivity index (χ1) is 4.95. The smallest absolute Gasteiger partial charge is 0.110 e. The molecule has 0 saturated carbocycles. The predicted octanol–water partition coefficient (Wildman–Crippen LogP) is 1.33. The van der Waals surface area contributed by atoms with Gasteiger partial charge in [-0.3, -0.25) is 10.4 Å². The maximum Gasteiger partial charge on any atom is 0.110 e. The molecule has 0 amide bonds. The third-order valence-corrected chi connectivity index (χ3v) is 2.25. The summed E-state index contributed by atoms with van der Waals surface area (Å²) in [6.07, 6.45) is 0.616. The first-order valence-corrected chi connectivity index (χ1v) is 5.47. The van der Waals surface area contributed by atoms with E-state index in [1.54, 1.807) is 0 Å². The van der Waals surface area contributed by atoms with Crippen LogP contribution in [-0.4, -0.2) is 28.2 Å². The van der Waals surface area contributed by atoms with Crippen LogP contribution < -0.4 is 5.50 Å². The number of rotatable bonds is 4. The van der Waals surface area contributed by atoms with Crippen LogP contribution in [-0.2, 0) is 0 Å².